The number of alkyl halides is 2. The molecule has 0 unspecified atom stereocenters. The molecule has 1 heterocycles. The van der Waals surface area contributed by atoms with Crippen LogP contribution in [-0.2, 0) is 0 Å². The molecule has 1 aliphatic heterocycles. The summed E-state index contributed by atoms with van der Waals surface area (Å²) in [6.45, 7) is 2.64. The first-order valence-electron chi connectivity index (χ1n) is 4.91. The first kappa shape index (κ1) is 10.8. The van der Waals surface area contributed by atoms with Crippen LogP contribution in [0.25, 0.3) is 6.08 Å². The van der Waals surface area contributed by atoms with Crippen molar-refractivity contribution < 1.29 is 13.6 Å². The van der Waals surface area contributed by atoms with Crippen LogP contribution in [0.15, 0.2) is 30.8 Å². The summed E-state index contributed by atoms with van der Waals surface area (Å²) >= 11 is 0. The highest BCUT2D eigenvalue weighted by molar-refractivity contribution is 5.95. The lowest BCUT2D eigenvalue weighted by Gasteiger charge is -2.38. The summed E-state index contributed by atoms with van der Waals surface area (Å²) in [4.78, 5) is 12.8. The fourth-order valence-electron chi connectivity index (χ4n) is 1.60. The van der Waals surface area contributed by atoms with Gasteiger partial charge >= 0.3 is 0 Å². The van der Waals surface area contributed by atoms with Crippen molar-refractivity contribution in [3.63, 3.8) is 0 Å². The second kappa shape index (κ2) is 3.70. The third-order valence-electron chi connectivity index (χ3n) is 2.52. The molecule has 0 N–H and O–H groups in total. The van der Waals surface area contributed by atoms with E-state index in [1.165, 1.54) is 0 Å². The number of likely N-dealkylation sites (tertiary alicyclic amines) is 1. The van der Waals surface area contributed by atoms with E-state index in [4.69, 9.17) is 0 Å². The summed E-state index contributed by atoms with van der Waals surface area (Å²) in [5.41, 5.74) is 1.33. The second-order valence-corrected chi connectivity index (χ2v) is 3.84. The molecule has 0 aromatic heterocycles. The lowest BCUT2D eigenvalue weighted by molar-refractivity contribution is -0.113. The van der Waals surface area contributed by atoms with E-state index in [9.17, 15) is 13.6 Å². The Labute approximate surface area is 92.2 Å². The zero-order valence-electron chi connectivity index (χ0n) is 8.62. The summed E-state index contributed by atoms with van der Waals surface area (Å²) in [5, 5.41) is 0. The lowest BCUT2D eigenvalue weighted by atomic mass is 10.1. The molecule has 1 aromatic rings. The minimum atomic E-state index is -2.71. The van der Waals surface area contributed by atoms with Crippen molar-refractivity contribution in [2.45, 2.75) is 5.92 Å². The van der Waals surface area contributed by atoms with Crippen LogP contribution in [-0.4, -0.2) is 29.8 Å². The number of hydrogen-bond donors (Lipinski definition) is 0. The van der Waals surface area contributed by atoms with Crippen LogP contribution in [0, 0.1) is 0 Å². The molecular weight excluding hydrogens is 212 g/mol. The van der Waals surface area contributed by atoms with Gasteiger partial charge in [0.05, 0.1) is 13.1 Å². The number of rotatable bonds is 2. The van der Waals surface area contributed by atoms with E-state index in [-0.39, 0.29) is 5.91 Å². The van der Waals surface area contributed by atoms with Crippen LogP contribution in [0.2, 0.25) is 0 Å². The molecule has 1 aliphatic rings. The third-order valence-corrected chi connectivity index (χ3v) is 2.52. The van der Waals surface area contributed by atoms with Gasteiger partial charge in [-0.15, -0.1) is 0 Å². The number of hydrogen-bond acceptors (Lipinski definition) is 1. The average molecular weight is 223 g/mol. The van der Waals surface area contributed by atoms with Crippen LogP contribution in [0.5, 0.6) is 0 Å². The molecule has 84 valence electrons. The van der Waals surface area contributed by atoms with Crippen LogP contribution >= 0.6 is 0 Å². The number of nitrogens with zero attached hydrogens (tertiary/aromatic N) is 1. The van der Waals surface area contributed by atoms with E-state index in [1.807, 2.05) is 0 Å². The molecule has 0 bridgehead atoms. The molecule has 1 saturated heterocycles. The van der Waals surface area contributed by atoms with Gasteiger partial charge in [0.15, 0.2) is 0 Å². The fraction of sp³-hybridized carbons (Fsp3) is 0.250. The molecule has 2 nitrogen and oxygen atoms in total. The molecule has 1 amide bonds. The molecule has 16 heavy (non-hydrogen) atoms. The minimum Gasteiger partial charge on any atom is -0.326 e. The fourth-order valence-corrected chi connectivity index (χ4v) is 1.60. The van der Waals surface area contributed by atoms with Gasteiger partial charge in [0.2, 0.25) is 0 Å². The van der Waals surface area contributed by atoms with E-state index >= 15 is 0 Å². The summed E-state index contributed by atoms with van der Waals surface area (Å²) in [5.74, 6) is -3.06. The molecule has 0 atom stereocenters. The van der Waals surface area contributed by atoms with Crippen molar-refractivity contribution in [2.75, 3.05) is 13.1 Å². The van der Waals surface area contributed by atoms with Gasteiger partial charge in [-0.05, 0) is 17.7 Å². The van der Waals surface area contributed by atoms with Gasteiger partial charge in [-0.2, -0.15) is 0 Å². The first-order chi connectivity index (χ1) is 7.52. The number of carbonyl (C=O) groups is 1. The molecule has 0 aliphatic carbocycles. The Morgan fingerprint density at radius 3 is 2.31 bits per heavy atom. The number of benzene rings is 1. The van der Waals surface area contributed by atoms with Gasteiger partial charge in [0.25, 0.3) is 11.8 Å². The Balaban J connectivity index is 2.07. The Hall–Kier alpha value is -1.71. The largest absolute Gasteiger partial charge is 0.326 e. The van der Waals surface area contributed by atoms with E-state index in [0.29, 0.717) is 5.56 Å². The van der Waals surface area contributed by atoms with Crippen molar-refractivity contribution in [3.05, 3.63) is 42.0 Å². The van der Waals surface area contributed by atoms with Crippen molar-refractivity contribution >= 4 is 12.0 Å². The van der Waals surface area contributed by atoms with Crippen molar-refractivity contribution in [2.24, 2.45) is 0 Å². The highest BCUT2D eigenvalue weighted by atomic mass is 19.3. The Morgan fingerprint density at radius 1 is 1.31 bits per heavy atom. The predicted octanol–water partition coefficient (Wildman–Crippen LogP) is 2.42. The lowest BCUT2D eigenvalue weighted by Crippen LogP contribution is -2.58. The Kier molecular flexibility index (Phi) is 2.50. The standard InChI is InChI=1S/C12H11F2NO/c1-2-9-3-5-10(6-4-9)11(16)15-7-12(13,14)8-15/h2-6H,1,7-8H2. The van der Waals surface area contributed by atoms with Crippen molar-refractivity contribution in [1.29, 1.82) is 0 Å². The van der Waals surface area contributed by atoms with E-state index < -0.39 is 19.0 Å². The van der Waals surface area contributed by atoms with Crippen molar-refractivity contribution in [1.82, 2.24) is 4.90 Å². The van der Waals surface area contributed by atoms with Crippen LogP contribution in [0.1, 0.15) is 15.9 Å². The Bertz CT molecular complexity index is 417. The number of amides is 1. The van der Waals surface area contributed by atoms with Crippen LogP contribution in [0.4, 0.5) is 8.78 Å². The second-order valence-electron chi connectivity index (χ2n) is 3.84. The zero-order valence-corrected chi connectivity index (χ0v) is 8.62. The molecular formula is C12H11F2NO. The SMILES string of the molecule is C=Cc1ccc(C(=O)N2CC(F)(F)C2)cc1. The summed E-state index contributed by atoms with van der Waals surface area (Å²) in [6.07, 6.45) is 1.66. The smallest absolute Gasteiger partial charge is 0.282 e. The average Bonchev–Trinajstić information content (AvgIpc) is 2.25. The van der Waals surface area contributed by atoms with Gasteiger partial charge in [-0.1, -0.05) is 24.8 Å². The molecule has 4 heteroatoms. The number of halogens is 2. The monoisotopic (exact) mass is 223 g/mol. The van der Waals surface area contributed by atoms with E-state index in [0.717, 1.165) is 10.5 Å². The van der Waals surface area contributed by atoms with Gasteiger partial charge in [0, 0.05) is 5.56 Å². The molecule has 0 radical (unpaired) electrons. The number of carbonyl (C=O) groups excluding carboxylic acids is 1. The first-order valence-corrected chi connectivity index (χ1v) is 4.91. The molecule has 1 aromatic carbocycles. The maximum absolute atomic E-state index is 12.6. The van der Waals surface area contributed by atoms with Crippen LogP contribution in [0.3, 0.4) is 0 Å². The zero-order chi connectivity index (χ0) is 11.8. The van der Waals surface area contributed by atoms with E-state index in [2.05, 4.69) is 6.58 Å². The predicted molar refractivity (Wildman–Crippen MR) is 57.4 cm³/mol. The molecule has 2 rings (SSSR count). The third kappa shape index (κ3) is 1.96. The highest BCUT2D eigenvalue weighted by Crippen LogP contribution is 2.27. The summed E-state index contributed by atoms with van der Waals surface area (Å²) < 4.78 is 25.2. The summed E-state index contributed by atoms with van der Waals surface area (Å²) in [7, 11) is 0. The topological polar surface area (TPSA) is 20.3 Å². The molecule has 1 fully saturated rings. The van der Waals surface area contributed by atoms with Crippen LogP contribution < -0.4 is 0 Å². The Morgan fingerprint density at radius 2 is 1.88 bits per heavy atom. The van der Waals surface area contributed by atoms with E-state index in [1.54, 1.807) is 30.3 Å². The van der Waals surface area contributed by atoms with Gasteiger partial charge < -0.3 is 4.90 Å². The molecule has 0 spiro atoms. The minimum absolute atomic E-state index is 0.346. The van der Waals surface area contributed by atoms with Gasteiger partial charge in [0.1, 0.15) is 0 Å². The quantitative estimate of drug-likeness (QED) is 0.754. The van der Waals surface area contributed by atoms with Gasteiger partial charge in [-0.25, -0.2) is 8.78 Å². The maximum Gasteiger partial charge on any atom is 0.282 e. The van der Waals surface area contributed by atoms with Gasteiger partial charge in [-0.3, -0.25) is 4.79 Å². The molecule has 0 saturated carbocycles. The van der Waals surface area contributed by atoms with Crippen molar-refractivity contribution in [3.8, 4) is 0 Å². The maximum atomic E-state index is 12.6. The normalized spacial score (nSPS) is 17.8. The highest BCUT2D eigenvalue weighted by Gasteiger charge is 2.46. The summed E-state index contributed by atoms with van der Waals surface area (Å²) in [6, 6.07) is 6.71.